The lowest BCUT2D eigenvalue weighted by Gasteiger charge is -2.27. The van der Waals surface area contributed by atoms with Crippen LogP contribution < -0.4 is 4.90 Å². The molecule has 3 aromatic heterocycles. The average Bonchev–Trinajstić information content (AvgIpc) is 3.31. The van der Waals surface area contributed by atoms with Gasteiger partial charge in [0, 0.05) is 26.0 Å². The first-order valence-electron chi connectivity index (χ1n) is 8.28. The third kappa shape index (κ3) is 2.90. The predicted molar refractivity (Wildman–Crippen MR) is 92.9 cm³/mol. The Morgan fingerprint density at radius 3 is 3.16 bits per heavy atom. The molecule has 4 rings (SSSR count). The van der Waals surface area contributed by atoms with Crippen molar-refractivity contribution in [2.75, 3.05) is 25.0 Å². The summed E-state index contributed by atoms with van der Waals surface area (Å²) in [6.07, 6.45) is 8.62. The number of pyridine rings is 1. The number of aromatic nitrogens is 5. The minimum atomic E-state index is 0.0835. The maximum Gasteiger partial charge on any atom is 0.242 e. The maximum absolute atomic E-state index is 12.9. The molecule has 1 saturated heterocycles. The lowest BCUT2D eigenvalue weighted by molar-refractivity contribution is -0.130. The highest BCUT2D eigenvalue weighted by Gasteiger charge is 2.30. The average molecular weight is 337 g/mol. The van der Waals surface area contributed by atoms with E-state index in [4.69, 9.17) is 0 Å². The standard InChI is InChI=1S/C17H19N7O/c1-23(17-15-16(20-10-19-15)21-11-22-17)9-14(25)24-7-3-5-13(24)12-4-2-6-18-8-12/h2,4,6,8,10-11,13H,3,5,7,9H2,1H3,(H,19,20,21,22). The Morgan fingerprint density at radius 1 is 1.40 bits per heavy atom. The van der Waals surface area contributed by atoms with E-state index in [0.29, 0.717) is 11.5 Å². The van der Waals surface area contributed by atoms with Crippen molar-refractivity contribution >= 4 is 22.9 Å². The molecule has 0 radical (unpaired) electrons. The van der Waals surface area contributed by atoms with Crippen LogP contribution in [0.1, 0.15) is 24.4 Å². The highest BCUT2D eigenvalue weighted by molar-refractivity contribution is 5.87. The van der Waals surface area contributed by atoms with Crippen molar-refractivity contribution in [1.29, 1.82) is 0 Å². The van der Waals surface area contributed by atoms with E-state index in [1.807, 2.05) is 35.2 Å². The Hall–Kier alpha value is -3.03. The van der Waals surface area contributed by atoms with E-state index in [1.54, 1.807) is 12.5 Å². The summed E-state index contributed by atoms with van der Waals surface area (Å²) in [5.74, 6) is 0.758. The van der Waals surface area contributed by atoms with E-state index in [1.165, 1.54) is 6.33 Å². The molecule has 3 aromatic rings. The number of hydrogen-bond acceptors (Lipinski definition) is 6. The summed E-state index contributed by atoms with van der Waals surface area (Å²) in [7, 11) is 1.86. The van der Waals surface area contributed by atoms with Gasteiger partial charge in [0.25, 0.3) is 0 Å². The molecule has 1 amide bonds. The van der Waals surface area contributed by atoms with Crippen molar-refractivity contribution in [3.8, 4) is 0 Å². The van der Waals surface area contributed by atoms with Crippen LogP contribution in [0.4, 0.5) is 5.82 Å². The summed E-state index contributed by atoms with van der Waals surface area (Å²) in [5, 5.41) is 0. The van der Waals surface area contributed by atoms with Crippen LogP contribution in [0, 0.1) is 0 Å². The van der Waals surface area contributed by atoms with Crippen molar-refractivity contribution in [1.82, 2.24) is 29.8 Å². The largest absolute Gasteiger partial charge is 0.348 e. The monoisotopic (exact) mass is 337 g/mol. The molecule has 8 nitrogen and oxygen atoms in total. The number of anilines is 1. The zero-order valence-electron chi connectivity index (χ0n) is 14.0. The number of nitrogens with zero attached hydrogens (tertiary/aromatic N) is 6. The number of imidazole rings is 1. The molecule has 0 aromatic carbocycles. The van der Waals surface area contributed by atoms with Gasteiger partial charge >= 0.3 is 0 Å². The fourth-order valence-corrected chi connectivity index (χ4v) is 3.40. The van der Waals surface area contributed by atoms with Gasteiger partial charge in [0.05, 0.1) is 18.9 Å². The SMILES string of the molecule is CN(CC(=O)N1CCCC1c1cccnc1)c1ncnc2nc[nH]c12. The fraction of sp³-hybridized carbons (Fsp3) is 0.353. The summed E-state index contributed by atoms with van der Waals surface area (Å²) in [6, 6.07) is 4.05. The van der Waals surface area contributed by atoms with E-state index in [-0.39, 0.29) is 18.5 Å². The van der Waals surface area contributed by atoms with Crippen LogP contribution in [0.5, 0.6) is 0 Å². The number of carbonyl (C=O) groups is 1. The topological polar surface area (TPSA) is 90.9 Å². The molecule has 0 bridgehead atoms. The van der Waals surface area contributed by atoms with Crippen molar-refractivity contribution in [2.45, 2.75) is 18.9 Å². The molecule has 4 heterocycles. The molecule has 1 aliphatic rings. The summed E-state index contributed by atoms with van der Waals surface area (Å²) < 4.78 is 0. The maximum atomic E-state index is 12.9. The van der Waals surface area contributed by atoms with E-state index >= 15 is 0 Å². The number of H-pyrrole nitrogens is 1. The second-order valence-electron chi connectivity index (χ2n) is 6.19. The third-order valence-corrected chi connectivity index (χ3v) is 4.58. The zero-order valence-corrected chi connectivity index (χ0v) is 14.0. The second kappa shape index (κ2) is 6.46. The molecule has 0 saturated carbocycles. The van der Waals surface area contributed by atoms with Crippen LogP contribution in [0.3, 0.4) is 0 Å². The van der Waals surface area contributed by atoms with Gasteiger partial charge in [0.15, 0.2) is 11.5 Å². The molecule has 0 aliphatic carbocycles. The van der Waals surface area contributed by atoms with Gasteiger partial charge in [-0.05, 0) is 24.5 Å². The number of aromatic amines is 1. The van der Waals surface area contributed by atoms with Crippen LogP contribution >= 0.6 is 0 Å². The number of rotatable bonds is 4. The smallest absolute Gasteiger partial charge is 0.242 e. The third-order valence-electron chi connectivity index (χ3n) is 4.58. The molecule has 0 spiro atoms. The lowest BCUT2D eigenvalue weighted by atomic mass is 10.1. The van der Waals surface area contributed by atoms with Crippen molar-refractivity contribution in [2.24, 2.45) is 0 Å². The van der Waals surface area contributed by atoms with Crippen molar-refractivity contribution in [3.63, 3.8) is 0 Å². The Balaban J connectivity index is 1.52. The predicted octanol–water partition coefficient (Wildman–Crippen LogP) is 1.55. The zero-order chi connectivity index (χ0) is 17.2. The number of amides is 1. The van der Waals surface area contributed by atoms with Gasteiger partial charge in [-0.25, -0.2) is 15.0 Å². The molecule has 1 fully saturated rings. The summed E-state index contributed by atoms with van der Waals surface area (Å²) >= 11 is 0. The minimum Gasteiger partial charge on any atom is -0.348 e. The van der Waals surface area contributed by atoms with Crippen LogP contribution in [0.15, 0.2) is 37.2 Å². The lowest BCUT2D eigenvalue weighted by Crippen LogP contribution is -2.39. The van der Waals surface area contributed by atoms with Gasteiger partial charge < -0.3 is 14.8 Å². The number of hydrogen-bond donors (Lipinski definition) is 1. The van der Waals surface area contributed by atoms with E-state index in [2.05, 4.69) is 24.9 Å². The van der Waals surface area contributed by atoms with Gasteiger partial charge in [-0.1, -0.05) is 6.07 Å². The van der Waals surface area contributed by atoms with Crippen LogP contribution in [-0.2, 0) is 4.79 Å². The minimum absolute atomic E-state index is 0.0835. The van der Waals surface area contributed by atoms with Crippen LogP contribution in [0.2, 0.25) is 0 Å². The molecule has 8 heteroatoms. The van der Waals surface area contributed by atoms with Gasteiger partial charge in [0.2, 0.25) is 5.91 Å². The Kier molecular flexibility index (Phi) is 4.01. The molecule has 128 valence electrons. The highest BCUT2D eigenvalue weighted by Crippen LogP contribution is 2.31. The quantitative estimate of drug-likeness (QED) is 0.777. The van der Waals surface area contributed by atoms with E-state index < -0.39 is 0 Å². The second-order valence-corrected chi connectivity index (χ2v) is 6.19. The Bertz CT molecular complexity index is 879. The van der Waals surface area contributed by atoms with Crippen LogP contribution in [-0.4, -0.2) is 55.9 Å². The summed E-state index contributed by atoms with van der Waals surface area (Å²) in [6.45, 7) is 1.03. The molecular weight excluding hydrogens is 318 g/mol. The fourth-order valence-electron chi connectivity index (χ4n) is 3.40. The number of carbonyl (C=O) groups excluding carboxylic acids is 1. The number of nitrogens with one attached hydrogen (secondary N) is 1. The molecular formula is C17H19N7O. The molecule has 25 heavy (non-hydrogen) atoms. The number of likely N-dealkylation sites (N-methyl/N-ethyl adjacent to an activating group) is 1. The first-order valence-corrected chi connectivity index (χ1v) is 8.28. The van der Waals surface area contributed by atoms with Crippen LogP contribution in [0.25, 0.3) is 11.2 Å². The normalized spacial score (nSPS) is 17.2. The van der Waals surface area contributed by atoms with Gasteiger partial charge in [0.1, 0.15) is 11.8 Å². The molecule has 1 N–H and O–H groups in total. The summed E-state index contributed by atoms with van der Waals surface area (Å²) in [4.78, 5) is 36.4. The molecule has 1 unspecified atom stereocenters. The van der Waals surface area contributed by atoms with Gasteiger partial charge in [-0.3, -0.25) is 9.78 Å². The summed E-state index contributed by atoms with van der Waals surface area (Å²) in [5.41, 5.74) is 2.43. The first-order chi connectivity index (χ1) is 12.2. The number of fused-ring (bicyclic) bond motifs is 1. The van der Waals surface area contributed by atoms with Crippen molar-refractivity contribution in [3.05, 3.63) is 42.7 Å². The molecule has 1 atom stereocenters. The van der Waals surface area contributed by atoms with Gasteiger partial charge in [-0.2, -0.15) is 0 Å². The van der Waals surface area contributed by atoms with Gasteiger partial charge in [-0.15, -0.1) is 0 Å². The highest BCUT2D eigenvalue weighted by atomic mass is 16.2. The first kappa shape index (κ1) is 15.5. The Labute approximate surface area is 144 Å². The molecule has 1 aliphatic heterocycles. The van der Waals surface area contributed by atoms with Crippen molar-refractivity contribution < 1.29 is 4.79 Å². The van der Waals surface area contributed by atoms with E-state index in [0.717, 1.165) is 30.5 Å². The Morgan fingerprint density at radius 2 is 2.32 bits per heavy atom. The number of likely N-dealkylation sites (tertiary alicyclic amines) is 1. The van der Waals surface area contributed by atoms with E-state index in [9.17, 15) is 4.79 Å².